The van der Waals surface area contributed by atoms with Crippen LogP contribution in [0, 0.1) is 0 Å². The molecule has 0 aliphatic rings. The van der Waals surface area contributed by atoms with Crippen LogP contribution in [-0.2, 0) is 36.6 Å². The van der Waals surface area contributed by atoms with Gasteiger partial charge in [-0.15, -0.1) is 0 Å². The molecule has 248 valence electrons. The number of esters is 1. The molecule has 0 spiro atoms. The van der Waals surface area contributed by atoms with Crippen LogP contribution < -0.4 is 15.3 Å². The first kappa shape index (κ1) is 34.1. The number of benzene rings is 3. The Kier molecular flexibility index (Phi) is 11.6. The van der Waals surface area contributed by atoms with Crippen molar-refractivity contribution in [3.8, 4) is 5.75 Å². The number of anilines is 1. The van der Waals surface area contributed by atoms with Crippen molar-refractivity contribution in [3.63, 3.8) is 0 Å². The quantitative estimate of drug-likeness (QED) is 0.0769. The zero-order valence-corrected chi connectivity index (χ0v) is 27.9. The minimum absolute atomic E-state index is 0.0238. The van der Waals surface area contributed by atoms with Crippen LogP contribution in [0.25, 0.3) is 21.9 Å². The summed E-state index contributed by atoms with van der Waals surface area (Å²) in [5.41, 5.74) is 9.37. The largest absolute Gasteiger partial charge is 0.460 e. The Balaban J connectivity index is 1.47. The van der Waals surface area contributed by atoms with Crippen LogP contribution >= 0.6 is 7.75 Å². The third-order valence-electron chi connectivity index (χ3n) is 7.65. The van der Waals surface area contributed by atoms with E-state index in [1.807, 2.05) is 67.6 Å². The van der Waals surface area contributed by atoms with Crippen molar-refractivity contribution in [1.29, 1.82) is 0 Å². The van der Waals surface area contributed by atoms with Gasteiger partial charge in [-0.2, -0.15) is 5.09 Å². The summed E-state index contributed by atoms with van der Waals surface area (Å²) in [4.78, 5) is 22.5. The number of rotatable bonds is 17. The summed E-state index contributed by atoms with van der Waals surface area (Å²) >= 11 is 0. The Hall–Kier alpha value is -4.28. The Bertz CT molecular complexity index is 1820. The van der Waals surface area contributed by atoms with Gasteiger partial charge in [0.05, 0.1) is 23.7 Å². The molecule has 0 aliphatic heterocycles. The number of aromatic nitrogens is 3. The molecular weight excluding hydrogens is 617 g/mol. The molecule has 3 atom stereocenters. The van der Waals surface area contributed by atoms with Crippen LogP contribution in [0.3, 0.4) is 0 Å². The molecule has 11 nitrogen and oxygen atoms in total. The number of hydrogen-bond donors (Lipinski definition) is 2. The predicted octanol–water partition coefficient (Wildman–Crippen LogP) is 7.36. The molecule has 3 aromatic carbocycles. The number of ether oxygens (including phenoxy) is 2. The van der Waals surface area contributed by atoms with Crippen molar-refractivity contribution in [2.75, 3.05) is 18.9 Å². The maximum Gasteiger partial charge on any atom is 0.459 e. The highest BCUT2D eigenvalue weighted by Gasteiger charge is 2.34. The van der Waals surface area contributed by atoms with E-state index in [1.54, 1.807) is 31.2 Å². The smallest absolute Gasteiger partial charge is 0.459 e. The lowest BCUT2D eigenvalue weighted by Crippen LogP contribution is -2.35. The first-order valence-corrected chi connectivity index (χ1v) is 17.5. The monoisotopic (exact) mass is 659 g/mol. The standard InChI is InChI=1S/C35H42N5O6P/c1-4-6-17-27(40-31(24-43-5-2)38-32-33(40)29-20-13-14-21-30(29)37-34(32)36)23-45-47(42,46-28-18-11-8-12-19-28)39-25(3)35(41)44-22-26-15-9-7-10-16-26/h7-16,18-21,25,27H,4-6,17,22-24H2,1-3H3,(H2,36,37)(H,39,42)/t25-,27-,47-/m0/s1. The molecule has 2 heterocycles. The number of unbranched alkanes of at least 4 members (excludes halogenated alkanes) is 1. The number of pyridine rings is 1. The maximum absolute atomic E-state index is 14.5. The Morgan fingerprint density at radius 3 is 2.38 bits per heavy atom. The average molecular weight is 660 g/mol. The van der Waals surface area contributed by atoms with Crippen molar-refractivity contribution in [1.82, 2.24) is 19.6 Å². The van der Waals surface area contributed by atoms with E-state index in [-0.39, 0.29) is 25.9 Å². The van der Waals surface area contributed by atoms with Crippen LogP contribution in [0.4, 0.5) is 5.82 Å². The second kappa shape index (κ2) is 16.0. The number of hydrogen-bond acceptors (Lipinski definition) is 9. The van der Waals surface area contributed by atoms with Gasteiger partial charge in [-0.05, 0) is 44.0 Å². The lowest BCUT2D eigenvalue weighted by atomic mass is 10.1. The molecule has 0 aliphatic carbocycles. The van der Waals surface area contributed by atoms with Gasteiger partial charge in [0.2, 0.25) is 0 Å². The van der Waals surface area contributed by atoms with Gasteiger partial charge in [0, 0.05) is 12.0 Å². The number of carbonyl (C=O) groups is 1. The zero-order chi connectivity index (χ0) is 33.2. The van der Waals surface area contributed by atoms with E-state index in [1.165, 1.54) is 0 Å². The molecule has 3 N–H and O–H groups in total. The number of nitrogen functional groups attached to an aromatic ring is 1. The maximum atomic E-state index is 14.5. The zero-order valence-electron chi connectivity index (χ0n) is 27.0. The second-order valence-electron chi connectivity index (χ2n) is 11.2. The molecule has 47 heavy (non-hydrogen) atoms. The molecule has 0 radical (unpaired) electrons. The number of imidazole rings is 1. The lowest BCUT2D eigenvalue weighted by molar-refractivity contribution is -0.146. The van der Waals surface area contributed by atoms with Crippen molar-refractivity contribution in [3.05, 3.63) is 96.3 Å². The van der Waals surface area contributed by atoms with Crippen LogP contribution in [-0.4, -0.2) is 39.8 Å². The summed E-state index contributed by atoms with van der Waals surface area (Å²) in [7, 11) is -4.14. The molecule has 0 saturated carbocycles. The number of para-hydroxylation sites is 2. The summed E-state index contributed by atoms with van der Waals surface area (Å²) in [6.07, 6.45) is 2.46. The summed E-state index contributed by atoms with van der Waals surface area (Å²) in [5, 5.41) is 3.70. The summed E-state index contributed by atoms with van der Waals surface area (Å²) in [6.45, 7) is 6.39. The van der Waals surface area contributed by atoms with E-state index in [2.05, 4.69) is 21.6 Å². The van der Waals surface area contributed by atoms with E-state index in [4.69, 9.17) is 29.2 Å². The number of nitrogens with one attached hydrogen (secondary N) is 1. The lowest BCUT2D eigenvalue weighted by Gasteiger charge is -2.27. The van der Waals surface area contributed by atoms with E-state index >= 15 is 0 Å². The molecule has 0 amide bonds. The molecule has 12 heteroatoms. The summed E-state index contributed by atoms with van der Waals surface area (Å²) in [5.74, 6) is 0.702. The highest BCUT2D eigenvalue weighted by atomic mass is 31.2. The molecule has 0 unspecified atom stereocenters. The molecule has 5 rings (SSSR count). The Morgan fingerprint density at radius 2 is 1.66 bits per heavy atom. The first-order valence-electron chi connectivity index (χ1n) is 15.9. The van der Waals surface area contributed by atoms with Crippen LogP contribution in [0.15, 0.2) is 84.9 Å². The highest BCUT2D eigenvalue weighted by Crippen LogP contribution is 2.46. The van der Waals surface area contributed by atoms with Crippen LogP contribution in [0.2, 0.25) is 0 Å². The van der Waals surface area contributed by atoms with E-state index in [0.717, 1.165) is 34.8 Å². The third-order valence-corrected chi connectivity index (χ3v) is 9.30. The van der Waals surface area contributed by atoms with Gasteiger partial charge in [-0.1, -0.05) is 86.5 Å². The summed E-state index contributed by atoms with van der Waals surface area (Å²) < 4.78 is 40.1. The Morgan fingerprint density at radius 1 is 0.957 bits per heavy atom. The Labute approximate surface area is 275 Å². The molecule has 5 aromatic rings. The van der Waals surface area contributed by atoms with Crippen molar-refractivity contribution >= 4 is 41.5 Å². The van der Waals surface area contributed by atoms with Gasteiger partial charge in [0.15, 0.2) is 5.82 Å². The molecule has 0 bridgehead atoms. The molecule has 2 aromatic heterocycles. The van der Waals surface area contributed by atoms with Crippen LogP contribution in [0.5, 0.6) is 5.75 Å². The van der Waals surface area contributed by atoms with Gasteiger partial charge in [0.1, 0.15) is 36.3 Å². The fraction of sp³-hybridized carbons (Fsp3) is 0.343. The third kappa shape index (κ3) is 8.55. The van der Waals surface area contributed by atoms with E-state index < -0.39 is 19.8 Å². The van der Waals surface area contributed by atoms with Gasteiger partial charge < -0.3 is 24.3 Å². The minimum Gasteiger partial charge on any atom is -0.460 e. The number of nitrogens with two attached hydrogens (primary N) is 1. The molecular formula is C35H42N5O6P. The number of fused-ring (bicyclic) bond motifs is 3. The van der Waals surface area contributed by atoms with Gasteiger partial charge in [-0.25, -0.2) is 14.5 Å². The van der Waals surface area contributed by atoms with E-state index in [9.17, 15) is 9.36 Å². The average Bonchev–Trinajstić information content (AvgIpc) is 3.47. The SMILES string of the molecule is CCCC[C@@H](CO[P@@](=O)(N[C@@H](C)C(=O)OCc1ccccc1)Oc1ccccc1)n1c(COCC)nc2c(N)nc3ccccc3c21. The van der Waals surface area contributed by atoms with E-state index in [0.29, 0.717) is 35.9 Å². The van der Waals surface area contributed by atoms with Crippen molar-refractivity contribution in [2.45, 2.75) is 65.3 Å². The number of carbonyl (C=O) groups excluding carboxylic acids is 1. The minimum atomic E-state index is -4.14. The topological polar surface area (TPSA) is 140 Å². The highest BCUT2D eigenvalue weighted by molar-refractivity contribution is 7.52. The van der Waals surface area contributed by atoms with Crippen LogP contribution in [0.1, 0.15) is 57.5 Å². The predicted molar refractivity (Wildman–Crippen MR) is 183 cm³/mol. The van der Waals surface area contributed by atoms with Gasteiger partial charge >= 0.3 is 13.7 Å². The first-order chi connectivity index (χ1) is 22.8. The normalized spacial score (nSPS) is 14.1. The summed E-state index contributed by atoms with van der Waals surface area (Å²) in [6, 6.07) is 24.5. The van der Waals surface area contributed by atoms with Gasteiger partial charge in [0.25, 0.3) is 0 Å². The fourth-order valence-electron chi connectivity index (χ4n) is 5.32. The fourth-order valence-corrected chi connectivity index (χ4v) is 6.85. The second-order valence-corrected chi connectivity index (χ2v) is 12.9. The van der Waals surface area contributed by atoms with Gasteiger partial charge in [-0.3, -0.25) is 9.32 Å². The molecule has 0 saturated heterocycles. The van der Waals surface area contributed by atoms with Crippen molar-refractivity contribution < 1.29 is 27.9 Å². The number of nitrogens with zero attached hydrogens (tertiary/aromatic N) is 3. The van der Waals surface area contributed by atoms with Crippen molar-refractivity contribution in [2.24, 2.45) is 0 Å². The molecule has 0 fully saturated rings.